The fourth-order valence-electron chi connectivity index (χ4n) is 1.32. The fourth-order valence-corrected chi connectivity index (χ4v) is 1.32. The Labute approximate surface area is 81.8 Å². The zero-order chi connectivity index (χ0) is 10.1. The molecule has 0 unspecified atom stereocenters. The summed E-state index contributed by atoms with van der Waals surface area (Å²) in [4.78, 5) is 8.28. The molecular formula is C11H11FN2. The van der Waals surface area contributed by atoms with E-state index in [-0.39, 0.29) is 5.82 Å². The summed E-state index contributed by atoms with van der Waals surface area (Å²) in [5.41, 5.74) is 2.32. The Balaban J connectivity index is 2.63. The third-order valence-electron chi connectivity index (χ3n) is 2.12. The van der Waals surface area contributed by atoms with E-state index < -0.39 is 0 Å². The summed E-state index contributed by atoms with van der Waals surface area (Å²) in [5.74, 6) is 0.00794. The van der Waals surface area contributed by atoms with E-state index in [2.05, 4.69) is 23.8 Å². The number of halogens is 1. The van der Waals surface area contributed by atoms with E-state index in [9.17, 15) is 4.39 Å². The molecule has 0 bridgehead atoms. The van der Waals surface area contributed by atoms with Crippen LogP contribution >= 0.6 is 0 Å². The van der Waals surface area contributed by atoms with Gasteiger partial charge < -0.3 is 0 Å². The van der Waals surface area contributed by atoms with Crippen LogP contribution in [0.3, 0.4) is 0 Å². The van der Waals surface area contributed by atoms with Gasteiger partial charge in [0.15, 0.2) is 0 Å². The first-order chi connectivity index (χ1) is 6.66. The predicted octanol–water partition coefficient (Wildman–Crippen LogP) is 2.89. The molecule has 2 aromatic heterocycles. The molecule has 0 aromatic carbocycles. The standard InChI is InChI=1S/C11H11FN2/c1-7(2)9-3-4-10-11(14-9)5-8(12)6-13-10/h3-7H,1-2H3. The van der Waals surface area contributed by atoms with Crippen LogP contribution in [0.5, 0.6) is 0 Å². The normalized spacial score (nSPS) is 11.1. The first-order valence-electron chi connectivity index (χ1n) is 4.59. The molecule has 0 radical (unpaired) electrons. The summed E-state index contributed by atoms with van der Waals surface area (Å²) in [6.45, 7) is 4.11. The highest BCUT2D eigenvalue weighted by molar-refractivity contribution is 5.73. The van der Waals surface area contributed by atoms with Gasteiger partial charge in [-0.3, -0.25) is 9.97 Å². The molecular weight excluding hydrogens is 179 g/mol. The second-order valence-electron chi connectivity index (χ2n) is 3.58. The van der Waals surface area contributed by atoms with Crippen LogP contribution in [0.4, 0.5) is 4.39 Å². The second-order valence-corrected chi connectivity index (χ2v) is 3.58. The van der Waals surface area contributed by atoms with Crippen LogP contribution in [-0.2, 0) is 0 Å². The Morgan fingerprint density at radius 1 is 1.21 bits per heavy atom. The third-order valence-corrected chi connectivity index (χ3v) is 2.12. The van der Waals surface area contributed by atoms with Crippen molar-refractivity contribution >= 4 is 11.0 Å². The molecule has 2 heterocycles. The molecule has 0 fully saturated rings. The van der Waals surface area contributed by atoms with Crippen molar-refractivity contribution in [3.8, 4) is 0 Å². The van der Waals surface area contributed by atoms with E-state index in [1.165, 1.54) is 12.3 Å². The summed E-state index contributed by atoms with van der Waals surface area (Å²) in [7, 11) is 0. The van der Waals surface area contributed by atoms with Crippen molar-refractivity contribution in [2.24, 2.45) is 0 Å². The number of nitrogens with zero attached hydrogens (tertiary/aromatic N) is 2. The summed E-state index contributed by atoms with van der Waals surface area (Å²) < 4.78 is 12.9. The lowest BCUT2D eigenvalue weighted by molar-refractivity contribution is 0.623. The van der Waals surface area contributed by atoms with Crippen molar-refractivity contribution in [2.45, 2.75) is 19.8 Å². The van der Waals surface area contributed by atoms with Crippen LogP contribution in [0, 0.1) is 5.82 Å². The molecule has 0 atom stereocenters. The molecule has 2 aromatic rings. The number of rotatable bonds is 1. The maximum atomic E-state index is 12.9. The summed E-state index contributed by atoms with van der Waals surface area (Å²) in [5, 5.41) is 0. The van der Waals surface area contributed by atoms with Crippen molar-refractivity contribution in [1.82, 2.24) is 9.97 Å². The van der Waals surface area contributed by atoms with E-state index in [0.29, 0.717) is 11.4 Å². The molecule has 0 saturated carbocycles. The average molecular weight is 190 g/mol. The van der Waals surface area contributed by atoms with E-state index in [0.717, 1.165) is 11.2 Å². The zero-order valence-corrected chi connectivity index (χ0v) is 8.16. The quantitative estimate of drug-likeness (QED) is 0.691. The van der Waals surface area contributed by atoms with Crippen LogP contribution in [0.1, 0.15) is 25.5 Å². The van der Waals surface area contributed by atoms with Crippen LogP contribution in [-0.4, -0.2) is 9.97 Å². The average Bonchev–Trinajstić information content (AvgIpc) is 2.16. The molecule has 72 valence electrons. The van der Waals surface area contributed by atoms with Gasteiger partial charge in [-0.2, -0.15) is 0 Å². The highest BCUT2D eigenvalue weighted by atomic mass is 19.1. The Kier molecular flexibility index (Phi) is 2.15. The summed E-state index contributed by atoms with van der Waals surface area (Å²) in [6.07, 6.45) is 1.21. The van der Waals surface area contributed by atoms with Gasteiger partial charge in [-0.05, 0) is 18.1 Å². The Hall–Kier alpha value is -1.51. The number of pyridine rings is 2. The number of hydrogen-bond donors (Lipinski definition) is 0. The number of fused-ring (bicyclic) bond motifs is 1. The highest BCUT2D eigenvalue weighted by Gasteiger charge is 2.03. The fraction of sp³-hybridized carbons (Fsp3) is 0.273. The zero-order valence-electron chi connectivity index (χ0n) is 8.16. The van der Waals surface area contributed by atoms with Crippen LogP contribution in [0.25, 0.3) is 11.0 Å². The molecule has 0 amide bonds. The van der Waals surface area contributed by atoms with E-state index in [1.807, 2.05) is 12.1 Å². The lowest BCUT2D eigenvalue weighted by Gasteiger charge is -2.04. The largest absolute Gasteiger partial charge is 0.252 e. The van der Waals surface area contributed by atoms with Gasteiger partial charge in [-0.25, -0.2) is 4.39 Å². The first-order valence-corrected chi connectivity index (χ1v) is 4.59. The number of hydrogen-bond acceptors (Lipinski definition) is 2. The summed E-state index contributed by atoms with van der Waals surface area (Å²) >= 11 is 0. The summed E-state index contributed by atoms with van der Waals surface area (Å²) in [6, 6.07) is 5.21. The topological polar surface area (TPSA) is 25.8 Å². The molecule has 2 nitrogen and oxygen atoms in total. The smallest absolute Gasteiger partial charge is 0.143 e. The third kappa shape index (κ3) is 1.58. The van der Waals surface area contributed by atoms with Crippen molar-refractivity contribution in [3.63, 3.8) is 0 Å². The van der Waals surface area contributed by atoms with Gasteiger partial charge in [0, 0.05) is 11.8 Å². The Bertz CT molecular complexity index is 466. The van der Waals surface area contributed by atoms with Crippen LogP contribution in [0.2, 0.25) is 0 Å². The lowest BCUT2D eigenvalue weighted by atomic mass is 10.1. The van der Waals surface area contributed by atoms with Gasteiger partial charge in [-0.15, -0.1) is 0 Å². The molecule has 2 rings (SSSR count). The molecule has 0 aliphatic rings. The van der Waals surface area contributed by atoms with Gasteiger partial charge in [0.05, 0.1) is 17.2 Å². The monoisotopic (exact) mass is 190 g/mol. The Morgan fingerprint density at radius 3 is 2.71 bits per heavy atom. The van der Waals surface area contributed by atoms with Gasteiger partial charge in [0.2, 0.25) is 0 Å². The molecule has 0 saturated heterocycles. The minimum atomic E-state index is -0.342. The van der Waals surface area contributed by atoms with E-state index >= 15 is 0 Å². The molecule has 0 spiro atoms. The maximum Gasteiger partial charge on any atom is 0.143 e. The van der Waals surface area contributed by atoms with Crippen molar-refractivity contribution in [1.29, 1.82) is 0 Å². The molecule has 0 aliphatic heterocycles. The van der Waals surface area contributed by atoms with Crippen molar-refractivity contribution in [2.75, 3.05) is 0 Å². The second kappa shape index (κ2) is 3.33. The van der Waals surface area contributed by atoms with Crippen molar-refractivity contribution < 1.29 is 4.39 Å². The molecule has 14 heavy (non-hydrogen) atoms. The van der Waals surface area contributed by atoms with Gasteiger partial charge >= 0.3 is 0 Å². The van der Waals surface area contributed by atoms with Gasteiger partial charge in [0.25, 0.3) is 0 Å². The highest BCUT2D eigenvalue weighted by Crippen LogP contribution is 2.16. The predicted molar refractivity (Wildman–Crippen MR) is 53.6 cm³/mol. The first kappa shape index (κ1) is 9.06. The van der Waals surface area contributed by atoms with E-state index in [4.69, 9.17) is 0 Å². The number of aromatic nitrogens is 2. The Morgan fingerprint density at radius 2 is 2.00 bits per heavy atom. The maximum absolute atomic E-state index is 12.9. The van der Waals surface area contributed by atoms with Crippen LogP contribution < -0.4 is 0 Å². The molecule has 3 heteroatoms. The lowest BCUT2D eigenvalue weighted by Crippen LogP contribution is -1.94. The minimum absolute atomic E-state index is 0.342. The van der Waals surface area contributed by atoms with Gasteiger partial charge in [0.1, 0.15) is 5.82 Å². The van der Waals surface area contributed by atoms with Gasteiger partial charge in [-0.1, -0.05) is 13.8 Å². The van der Waals surface area contributed by atoms with Crippen molar-refractivity contribution in [3.05, 3.63) is 35.9 Å². The molecule has 0 aliphatic carbocycles. The SMILES string of the molecule is CC(C)c1ccc2ncc(F)cc2n1. The molecule has 0 N–H and O–H groups in total. The minimum Gasteiger partial charge on any atom is -0.252 e. The van der Waals surface area contributed by atoms with E-state index in [1.54, 1.807) is 0 Å². The van der Waals surface area contributed by atoms with Crippen LogP contribution in [0.15, 0.2) is 24.4 Å².